The van der Waals surface area contributed by atoms with Crippen molar-refractivity contribution in [3.05, 3.63) is 23.7 Å². The topological polar surface area (TPSA) is 48.3 Å². The van der Waals surface area contributed by atoms with Crippen LogP contribution < -0.4 is 5.32 Å². The number of likely N-dealkylation sites (tertiary alicyclic amines) is 1. The Hall–Kier alpha value is -1.98. The molecule has 2 aliphatic rings. The van der Waals surface area contributed by atoms with Crippen LogP contribution in [0.2, 0.25) is 0 Å². The minimum atomic E-state index is -4.56. The molecule has 0 aromatic rings. The van der Waals surface area contributed by atoms with E-state index in [1.807, 2.05) is 6.07 Å². The van der Waals surface area contributed by atoms with Gasteiger partial charge in [-0.25, -0.2) is 8.78 Å². The molecule has 0 aromatic carbocycles. The average molecular weight is 309 g/mol. The highest BCUT2D eigenvalue weighted by atomic mass is 19.4. The molecule has 116 valence electrons. The van der Waals surface area contributed by atoms with E-state index in [-0.39, 0.29) is 11.5 Å². The van der Waals surface area contributed by atoms with E-state index in [2.05, 4.69) is 10.1 Å². The third-order valence-electron chi connectivity index (χ3n) is 2.99. The molecule has 0 bridgehead atoms. The lowest BCUT2D eigenvalue weighted by Gasteiger charge is -2.43. The van der Waals surface area contributed by atoms with Crippen LogP contribution in [-0.2, 0) is 4.74 Å². The van der Waals surface area contributed by atoms with Crippen LogP contribution >= 0.6 is 0 Å². The molecule has 0 saturated carbocycles. The third-order valence-corrected chi connectivity index (χ3v) is 2.99. The molecule has 1 atom stereocenters. The van der Waals surface area contributed by atoms with Crippen molar-refractivity contribution in [1.82, 2.24) is 10.2 Å². The summed E-state index contributed by atoms with van der Waals surface area (Å²) in [5.74, 6) is -3.10. The summed E-state index contributed by atoms with van der Waals surface area (Å²) in [4.78, 5) is 1.19. The first-order valence-electron chi connectivity index (χ1n) is 5.98. The van der Waals surface area contributed by atoms with Crippen LogP contribution in [0.5, 0.6) is 0 Å². The van der Waals surface area contributed by atoms with Gasteiger partial charge in [0.1, 0.15) is 11.3 Å². The number of rotatable bonds is 3. The van der Waals surface area contributed by atoms with Crippen molar-refractivity contribution in [3.8, 4) is 6.07 Å². The highest BCUT2D eigenvalue weighted by Crippen LogP contribution is 2.35. The lowest BCUT2D eigenvalue weighted by atomic mass is 9.98. The monoisotopic (exact) mass is 309 g/mol. The van der Waals surface area contributed by atoms with Crippen molar-refractivity contribution in [1.29, 1.82) is 5.26 Å². The van der Waals surface area contributed by atoms with Crippen molar-refractivity contribution < 1.29 is 26.7 Å². The van der Waals surface area contributed by atoms with Crippen LogP contribution in [-0.4, -0.2) is 42.2 Å². The summed E-state index contributed by atoms with van der Waals surface area (Å²) >= 11 is 0. The second-order valence-electron chi connectivity index (χ2n) is 5.11. The van der Waals surface area contributed by atoms with E-state index in [4.69, 9.17) is 5.26 Å². The summed E-state index contributed by atoms with van der Waals surface area (Å²) < 4.78 is 67.2. The van der Waals surface area contributed by atoms with Gasteiger partial charge in [-0.2, -0.15) is 18.4 Å². The SMILES string of the molecule is CC1(C#N)C=C(OCC(F)(F)F)C(N2CC(F)(F)C2)=CN1. The number of hydrogen-bond acceptors (Lipinski definition) is 4. The predicted octanol–water partition coefficient (Wildman–Crippen LogP) is 2.13. The molecule has 1 saturated heterocycles. The van der Waals surface area contributed by atoms with Crippen molar-refractivity contribution in [2.24, 2.45) is 0 Å². The normalized spacial score (nSPS) is 27.8. The highest BCUT2D eigenvalue weighted by molar-refractivity contribution is 5.38. The summed E-state index contributed by atoms with van der Waals surface area (Å²) in [6.07, 6.45) is -2.17. The second-order valence-corrected chi connectivity index (χ2v) is 5.11. The first-order valence-corrected chi connectivity index (χ1v) is 5.98. The first kappa shape index (κ1) is 15.4. The highest BCUT2D eigenvalue weighted by Gasteiger charge is 2.47. The molecule has 0 radical (unpaired) electrons. The van der Waals surface area contributed by atoms with Crippen LogP contribution in [0.15, 0.2) is 23.7 Å². The Morgan fingerprint density at radius 2 is 2.05 bits per heavy atom. The summed E-state index contributed by atoms with van der Waals surface area (Å²) in [5, 5.41) is 11.6. The van der Waals surface area contributed by atoms with Gasteiger partial charge in [0, 0.05) is 6.20 Å². The van der Waals surface area contributed by atoms with E-state index in [0.29, 0.717) is 0 Å². The molecule has 2 rings (SSSR count). The number of dihydropyridines is 1. The van der Waals surface area contributed by atoms with Crippen molar-refractivity contribution >= 4 is 0 Å². The Kier molecular flexibility index (Phi) is 3.51. The zero-order valence-corrected chi connectivity index (χ0v) is 11.0. The maximum atomic E-state index is 12.9. The molecular weight excluding hydrogens is 297 g/mol. The van der Waals surface area contributed by atoms with Gasteiger partial charge in [-0.15, -0.1) is 0 Å². The molecule has 1 N–H and O–H groups in total. The minimum absolute atomic E-state index is 0.0814. The Labute approximate surface area is 117 Å². The van der Waals surface area contributed by atoms with Crippen LogP contribution in [0, 0.1) is 11.3 Å². The molecule has 0 amide bonds. The van der Waals surface area contributed by atoms with Gasteiger partial charge in [0.05, 0.1) is 24.9 Å². The third kappa shape index (κ3) is 3.56. The Balaban J connectivity index is 2.16. The van der Waals surface area contributed by atoms with Gasteiger partial charge < -0.3 is 15.0 Å². The molecule has 1 unspecified atom stereocenters. The quantitative estimate of drug-likeness (QED) is 0.811. The Morgan fingerprint density at radius 1 is 1.43 bits per heavy atom. The van der Waals surface area contributed by atoms with Gasteiger partial charge in [-0.05, 0) is 13.0 Å². The van der Waals surface area contributed by atoms with Crippen LogP contribution in [0.1, 0.15) is 6.92 Å². The van der Waals surface area contributed by atoms with Gasteiger partial charge in [-0.1, -0.05) is 0 Å². The number of hydrogen-bond donors (Lipinski definition) is 1. The molecule has 4 nitrogen and oxygen atoms in total. The molecule has 2 heterocycles. The zero-order chi connectivity index (χ0) is 15.9. The number of halogens is 5. The van der Waals surface area contributed by atoms with E-state index in [1.54, 1.807) is 0 Å². The minimum Gasteiger partial charge on any atom is -0.482 e. The molecule has 2 aliphatic heterocycles. The number of nitrogens with zero attached hydrogens (tertiary/aromatic N) is 2. The maximum absolute atomic E-state index is 12.9. The second kappa shape index (κ2) is 4.79. The summed E-state index contributed by atoms with van der Waals surface area (Å²) in [7, 11) is 0. The van der Waals surface area contributed by atoms with E-state index >= 15 is 0 Å². The fourth-order valence-electron chi connectivity index (χ4n) is 1.94. The number of nitriles is 1. The lowest BCUT2D eigenvalue weighted by Crippen LogP contribution is -2.56. The van der Waals surface area contributed by atoms with Crippen molar-refractivity contribution in [3.63, 3.8) is 0 Å². The van der Waals surface area contributed by atoms with Gasteiger partial charge in [-0.3, -0.25) is 0 Å². The molecule has 0 aliphatic carbocycles. The van der Waals surface area contributed by atoms with Gasteiger partial charge >= 0.3 is 6.18 Å². The fourth-order valence-corrected chi connectivity index (χ4v) is 1.94. The summed E-state index contributed by atoms with van der Waals surface area (Å²) in [5.41, 5.74) is -1.17. The Morgan fingerprint density at radius 3 is 2.52 bits per heavy atom. The molecule has 1 fully saturated rings. The van der Waals surface area contributed by atoms with E-state index < -0.39 is 37.3 Å². The van der Waals surface area contributed by atoms with Crippen LogP contribution in [0.3, 0.4) is 0 Å². The first-order chi connectivity index (χ1) is 9.54. The summed E-state index contributed by atoms with van der Waals surface area (Å²) in [6.45, 7) is -1.32. The van der Waals surface area contributed by atoms with E-state index in [0.717, 1.165) is 6.08 Å². The molecule has 0 aromatic heterocycles. The number of ether oxygens (including phenoxy) is 1. The summed E-state index contributed by atoms with van der Waals surface area (Å²) in [6, 6.07) is 1.86. The molecule has 21 heavy (non-hydrogen) atoms. The molecule has 9 heteroatoms. The fraction of sp³-hybridized carbons (Fsp3) is 0.583. The average Bonchev–Trinajstić information content (AvgIpc) is 2.33. The number of alkyl halides is 5. The van der Waals surface area contributed by atoms with Gasteiger partial charge in [0.15, 0.2) is 6.61 Å². The molecule has 0 spiro atoms. The van der Waals surface area contributed by atoms with Crippen LogP contribution in [0.4, 0.5) is 22.0 Å². The zero-order valence-electron chi connectivity index (χ0n) is 11.0. The standard InChI is InChI=1S/C12H12F5N3O/c1-10(4-18)2-9(21-7-12(15,16)17)8(3-19-10)20-5-11(13,14)6-20/h2-3,19H,5-7H2,1H3. The van der Waals surface area contributed by atoms with Gasteiger partial charge in [0.2, 0.25) is 0 Å². The lowest BCUT2D eigenvalue weighted by molar-refractivity contribution is -0.166. The van der Waals surface area contributed by atoms with Crippen molar-refractivity contribution in [2.45, 2.75) is 24.6 Å². The van der Waals surface area contributed by atoms with E-state index in [9.17, 15) is 22.0 Å². The van der Waals surface area contributed by atoms with Gasteiger partial charge in [0.25, 0.3) is 5.92 Å². The predicted molar refractivity (Wildman–Crippen MR) is 61.8 cm³/mol. The maximum Gasteiger partial charge on any atom is 0.422 e. The van der Waals surface area contributed by atoms with E-state index in [1.165, 1.54) is 18.0 Å². The smallest absolute Gasteiger partial charge is 0.422 e. The Bertz CT molecular complexity index is 526. The molecular formula is C12H12F5N3O. The number of nitrogens with one attached hydrogen (secondary N) is 1. The van der Waals surface area contributed by atoms with Crippen LogP contribution in [0.25, 0.3) is 0 Å². The van der Waals surface area contributed by atoms with Crippen molar-refractivity contribution in [2.75, 3.05) is 19.7 Å². The largest absolute Gasteiger partial charge is 0.482 e.